The van der Waals surface area contributed by atoms with E-state index < -0.39 is 11.5 Å². The highest BCUT2D eigenvalue weighted by atomic mass is 16.4. The van der Waals surface area contributed by atoms with E-state index in [2.05, 4.69) is 10.6 Å². The molecular formula is C15H14N2O4. The SMILES string of the molecule is CC(=O)Nc1cc(NC(=O)c2ccccc2)c(=O)oc1C. The van der Waals surface area contributed by atoms with Gasteiger partial charge in [0.15, 0.2) is 0 Å². The molecule has 0 unspecified atom stereocenters. The summed E-state index contributed by atoms with van der Waals surface area (Å²) in [5, 5.41) is 5.00. The molecule has 0 saturated carbocycles. The van der Waals surface area contributed by atoms with Gasteiger partial charge in [0.2, 0.25) is 5.91 Å². The van der Waals surface area contributed by atoms with Gasteiger partial charge in [0, 0.05) is 12.5 Å². The van der Waals surface area contributed by atoms with Crippen LogP contribution in [0.4, 0.5) is 11.4 Å². The van der Waals surface area contributed by atoms with Crippen LogP contribution in [0.2, 0.25) is 0 Å². The Hall–Kier alpha value is -2.89. The van der Waals surface area contributed by atoms with Crippen LogP contribution in [0.1, 0.15) is 23.0 Å². The largest absolute Gasteiger partial charge is 0.424 e. The Morgan fingerprint density at radius 1 is 1.05 bits per heavy atom. The normalized spacial score (nSPS) is 10.0. The third-order valence-electron chi connectivity index (χ3n) is 2.73. The Balaban J connectivity index is 2.30. The first-order valence-corrected chi connectivity index (χ1v) is 6.26. The fourth-order valence-electron chi connectivity index (χ4n) is 1.74. The van der Waals surface area contributed by atoms with Crippen molar-refractivity contribution in [1.29, 1.82) is 0 Å². The molecule has 0 atom stereocenters. The topological polar surface area (TPSA) is 88.4 Å². The predicted octanol–water partition coefficient (Wildman–Crippen LogP) is 2.16. The molecule has 108 valence electrons. The molecule has 0 aliphatic heterocycles. The second-order valence-electron chi connectivity index (χ2n) is 4.42. The molecule has 0 radical (unpaired) electrons. The molecule has 0 fully saturated rings. The Labute approximate surface area is 120 Å². The van der Waals surface area contributed by atoms with Gasteiger partial charge in [0.05, 0.1) is 5.69 Å². The second-order valence-corrected chi connectivity index (χ2v) is 4.42. The molecule has 1 aromatic carbocycles. The summed E-state index contributed by atoms with van der Waals surface area (Å²) >= 11 is 0. The summed E-state index contributed by atoms with van der Waals surface area (Å²) < 4.78 is 4.99. The smallest absolute Gasteiger partial charge is 0.360 e. The standard InChI is InChI=1S/C15H14N2O4/c1-9-12(16-10(2)18)8-13(15(20)21-9)17-14(19)11-6-4-3-5-7-11/h3-8H,1-2H3,(H,16,18)(H,17,19). The molecule has 6 nitrogen and oxygen atoms in total. The maximum atomic E-state index is 12.0. The van der Waals surface area contributed by atoms with Gasteiger partial charge >= 0.3 is 5.63 Å². The van der Waals surface area contributed by atoms with Crippen molar-refractivity contribution in [3.05, 3.63) is 58.1 Å². The molecule has 6 heteroatoms. The van der Waals surface area contributed by atoms with Crippen LogP contribution in [0.25, 0.3) is 0 Å². The number of hydrogen-bond donors (Lipinski definition) is 2. The Morgan fingerprint density at radius 3 is 2.33 bits per heavy atom. The maximum Gasteiger partial charge on any atom is 0.360 e. The van der Waals surface area contributed by atoms with Crippen molar-refractivity contribution in [3.8, 4) is 0 Å². The third kappa shape index (κ3) is 3.56. The molecule has 2 aromatic rings. The van der Waals surface area contributed by atoms with Gasteiger partial charge < -0.3 is 15.1 Å². The van der Waals surface area contributed by atoms with Crippen LogP contribution >= 0.6 is 0 Å². The predicted molar refractivity (Wildman–Crippen MR) is 78.4 cm³/mol. The van der Waals surface area contributed by atoms with Crippen LogP contribution in [0.3, 0.4) is 0 Å². The number of anilines is 2. The van der Waals surface area contributed by atoms with Crippen LogP contribution in [0.5, 0.6) is 0 Å². The van der Waals surface area contributed by atoms with Crippen molar-refractivity contribution in [2.45, 2.75) is 13.8 Å². The summed E-state index contributed by atoms with van der Waals surface area (Å²) in [6.07, 6.45) is 0. The number of carbonyl (C=O) groups is 2. The highest BCUT2D eigenvalue weighted by Crippen LogP contribution is 2.17. The molecule has 2 rings (SSSR count). The van der Waals surface area contributed by atoms with Gasteiger partial charge in [-0.1, -0.05) is 18.2 Å². The summed E-state index contributed by atoms with van der Waals surface area (Å²) in [5.41, 5.74) is 0.0492. The highest BCUT2D eigenvalue weighted by Gasteiger charge is 2.12. The van der Waals surface area contributed by atoms with Gasteiger partial charge in [-0.3, -0.25) is 9.59 Å². The van der Waals surface area contributed by atoms with E-state index in [9.17, 15) is 14.4 Å². The maximum absolute atomic E-state index is 12.0. The Morgan fingerprint density at radius 2 is 1.71 bits per heavy atom. The highest BCUT2D eigenvalue weighted by molar-refractivity contribution is 6.04. The summed E-state index contributed by atoms with van der Waals surface area (Å²) in [7, 11) is 0. The van der Waals surface area contributed by atoms with Crippen molar-refractivity contribution in [1.82, 2.24) is 0 Å². The van der Waals surface area contributed by atoms with E-state index in [-0.39, 0.29) is 17.4 Å². The zero-order valence-electron chi connectivity index (χ0n) is 11.6. The lowest BCUT2D eigenvalue weighted by atomic mass is 10.2. The summed E-state index contributed by atoms with van der Waals surface area (Å²) in [4.78, 5) is 34.8. The van der Waals surface area contributed by atoms with E-state index in [1.807, 2.05) is 0 Å². The van der Waals surface area contributed by atoms with E-state index in [1.54, 1.807) is 37.3 Å². The van der Waals surface area contributed by atoms with Crippen LogP contribution in [-0.4, -0.2) is 11.8 Å². The molecule has 0 bridgehead atoms. The average Bonchev–Trinajstić information content (AvgIpc) is 2.44. The van der Waals surface area contributed by atoms with Gasteiger partial charge in [-0.15, -0.1) is 0 Å². The lowest BCUT2D eigenvalue weighted by Gasteiger charge is -2.08. The van der Waals surface area contributed by atoms with Gasteiger partial charge in [0.25, 0.3) is 5.91 Å². The molecule has 0 saturated heterocycles. The first-order chi connectivity index (χ1) is 9.97. The number of hydrogen-bond acceptors (Lipinski definition) is 4. The van der Waals surface area contributed by atoms with E-state index >= 15 is 0 Å². The van der Waals surface area contributed by atoms with Gasteiger partial charge in [-0.2, -0.15) is 0 Å². The molecule has 0 aliphatic carbocycles. The fraction of sp³-hybridized carbons (Fsp3) is 0.133. The molecule has 0 aliphatic rings. The zero-order chi connectivity index (χ0) is 15.4. The minimum Gasteiger partial charge on any atom is -0.424 e. The molecule has 2 amide bonds. The van der Waals surface area contributed by atoms with Gasteiger partial charge in [0.1, 0.15) is 11.4 Å². The Kier molecular flexibility index (Phi) is 4.18. The summed E-state index contributed by atoms with van der Waals surface area (Å²) in [5.74, 6) is -0.458. The van der Waals surface area contributed by atoms with Crippen molar-refractivity contribution < 1.29 is 14.0 Å². The minimum absolute atomic E-state index is 0.0294. The van der Waals surface area contributed by atoms with Crippen LogP contribution in [0, 0.1) is 6.92 Å². The van der Waals surface area contributed by atoms with E-state index in [0.29, 0.717) is 11.3 Å². The van der Waals surface area contributed by atoms with Crippen molar-refractivity contribution in [3.63, 3.8) is 0 Å². The first kappa shape index (κ1) is 14.5. The first-order valence-electron chi connectivity index (χ1n) is 6.26. The van der Waals surface area contributed by atoms with Crippen LogP contribution < -0.4 is 16.3 Å². The monoisotopic (exact) mass is 286 g/mol. The molecule has 21 heavy (non-hydrogen) atoms. The molecule has 0 spiro atoms. The summed E-state index contributed by atoms with van der Waals surface area (Å²) in [6, 6.07) is 9.85. The number of carbonyl (C=O) groups excluding carboxylic acids is 2. The minimum atomic E-state index is -0.675. The molecular weight excluding hydrogens is 272 g/mol. The van der Waals surface area contributed by atoms with Crippen molar-refractivity contribution in [2.75, 3.05) is 10.6 Å². The second kappa shape index (κ2) is 6.04. The number of rotatable bonds is 3. The molecule has 1 aromatic heterocycles. The lowest BCUT2D eigenvalue weighted by molar-refractivity contribution is -0.114. The number of amides is 2. The van der Waals surface area contributed by atoms with Gasteiger partial charge in [-0.05, 0) is 25.1 Å². The quantitative estimate of drug-likeness (QED) is 0.905. The van der Waals surface area contributed by atoms with E-state index in [4.69, 9.17) is 4.42 Å². The number of benzene rings is 1. The zero-order valence-corrected chi connectivity index (χ0v) is 11.6. The average molecular weight is 286 g/mol. The van der Waals surface area contributed by atoms with Crippen molar-refractivity contribution >= 4 is 23.2 Å². The van der Waals surface area contributed by atoms with Gasteiger partial charge in [-0.25, -0.2) is 4.79 Å². The number of aryl methyl sites for hydroxylation is 1. The fourth-order valence-corrected chi connectivity index (χ4v) is 1.74. The molecule has 2 N–H and O–H groups in total. The van der Waals surface area contributed by atoms with Crippen LogP contribution in [0.15, 0.2) is 45.6 Å². The number of nitrogens with one attached hydrogen (secondary N) is 2. The van der Waals surface area contributed by atoms with E-state index in [1.165, 1.54) is 13.0 Å². The van der Waals surface area contributed by atoms with Crippen molar-refractivity contribution in [2.24, 2.45) is 0 Å². The lowest BCUT2D eigenvalue weighted by Crippen LogP contribution is -2.19. The van der Waals surface area contributed by atoms with E-state index in [0.717, 1.165) is 0 Å². The summed E-state index contributed by atoms with van der Waals surface area (Å²) in [6.45, 7) is 2.89. The van der Waals surface area contributed by atoms with Crippen LogP contribution in [-0.2, 0) is 4.79 Å². The Bertz CT molecular complexity index is 735. The third-order valence-corrected chi connectivity index (χ3v) is 2.73. The molecule has 1 heterocycles.